The van der Waals surface area contributed by atoms with Crippen LogP contribution < -0.4 is 5.73 Å². The topological polar surface area (TPSA) is 38.9 Å². The molecule has 0 aliphatic heterocycles. The molecule has 112 valence electrons. The molecule has 21 heavy (non-hydrogen) atoms. The van der Waals surface area contributed by atoms with Gasteiger partial charge in [-0.15, -0.1) is 0 Å². The fourth-order valence-corrected chi connectivity index (χ4v) is 2.62. The highest BCUT2D eigenvalue weighted by molar-refractivity contribution is 5.35. The Hall–Kier alpha value is -1.67. The highest BCUT2D eigenvalue weighted by Crippen LogP contribution is 2.29. The molecule has 0 amide bonds. The van der Waals surface area contributed by atoms with Crippen molar-refractivity contribution in [3.8, 4) is 0 Å². The normalized spacial score (nSPS) is 13.2. The summed E-state index contributed by atoms with van der Waals surface area (Å²) in [4.78, 5) is 4.53. The number of hydrogen-bond donors (Lipinski definition) is 1. The molecule has 0 bridgehead atoms. The van der Waals surface area contributed by atoms with E-state index in [1.165, 1.54) is 16.7 Å². The number of benzene rings is 1. The fraction of sp³-hybridized carbons (Fsp3) is 0.421. The lowest BCUT2D eigenvalue weighted by atomic mass is 9.81. The summed E-state index contributed by atoms with van der Waals surface area (Å²) in [6.45, 7) is 8.83. The second-order valence-electron chi connectivity index (χ2n) is 6.66. The largest absolute Gasteiger partial charge is 0.324 e. The Labute approximate surface area is 128 Å². The summed E-state index contributed by atoms with van der Waals surface area (Å²) in [5.74, 6) is 0. The van der Waals surface area contributed by atoms with Gasteiger partial charge in [-0.3, -0.25) is 4.98 Å². The van der Waals surface area contributed by atoms with Gasteiger partial charge in [-0.2, -0.15) is 0 Å². The molecule has 2 heteroatoms. The van der Waals surface area contributed by atoms with Crippen LogP contribution in [0.3, 0.4) is 0 Å². The second-order valence-corrected chi connectivity index (χ2v) is 6.66. The van der Waals surface area contributed by atoms with Gasteiger partial charge < -0.3 is 5.73 Å². The Balaban J connectivity index is 2.22. The molecule has 0 aliphatic rings. The average molecular weight is 282 g/mol. The quantitative estimate of drug-likeness (QED) is 0.913. The molecule has 0 fully saturated rings. The van der Waals surface area contributed by atoms with Crippen molar-refractivity contribution >= 4 is 0 Å². The molecule has 1 aromatic heterocycles. The van der Waals surface area contributed by atoms with Gasteiger partial charge in [-0.1, -0.05) is 58.0 Å². The maximum atomic E-state index is 6.46. The predicted octanol–water partition coefficient (Wildman–Crippen LogP) is 4.18. The summed E-state index contributed by atoms with van der Waals surface area (Å²) in [6, 6.07) is 12.7. The zero-order chi connectivity index (χ0) is 15.5. The molecule has 2 nitrogen and oxygen atoms in total. The van der Waals surface area contributed by atoms with Crippen LogP contribution in [-0.4, -0.2) is 4.98 Å². The van der Waals surface area contributed by atoms with Crippen molar-refractivity contribution in [3.05, 3.63) is 65.0 Å². The SMILES string of the molecule is CCc1ccc(CC(N)c2ccccc2C(C)(C)C)nc1. The van der Waals surface area contributed by atoms with Gasteiger partial charge in [0.1, 0.15) is 0 Å². The zero-order valence-electron chi connectivity index (χ0n) is 13.6. The monoisotopic (exact) mass is 282 g/mol. The van der Waals surface area contributed by atoms with E-state index in [4.69, 9.17) is 5.73 Å². The van der Waals surface area contributed by atoms with Crippen molar-refractivity contribution in [1.82, 2.24) is 4.98 Å². The molecule has 1 unspecified atom stereocenters. The Morgan fingerprint density at radius 3 is 2.38 bits per heavy atom. The van der Waals surface area contributed by atoms with Gasteiger partial charge in [0, 0.05) is 24.4 Å². The van der Waals surface area contributed by atoms with Gasteiger partial charge in [0.25, 0.3) is 0 Å². The Bertz CT molecular complexity index is 579. The van der Waals surface area contributed by atoms with E-state index in [2.05, 4.69) is 69.1 Å². The molecule has 2 rings (SSSR count). The Morgan fingerprint density at radius 2 is 1.81 bits per heavy atom. The van der Waals surface area contributed by atoms with Crippen LogP contribution in [0.5, 0.6) is 0 Å². The standard InChI is InChI=1S/C19H26N2/c1-5-14-10-11-15(21-13-14)12-18(20)16-8-6-7-9-17(16)19(2,3)4/h6-11,13,18H,5,12,20H2,1-4H3. The van der Waals surface area contributed by atoms with Crippen LogP contribution in [0.4, 0.5) is 0 Å². The smallest absolute Gasteiger partial charge is 0.0422 e. The van der Waals surface area contributed by atoms with E-state index in [1.54, 1.807) is 0 Å². The Kier molecular flexibility index (Phi) is 4.79. The van der Waals surface area contributed by atoms with Gasteiger partial charge in [-0.25, -0.2) is 0 Å². The summed E-state index contributed by atoms with van der Waals surface area (Å²) in [6.07, 6.45) is 3.75. The summed E-state index contributed by atoms with van der Waals surface area (Å²) < 4.78 is 0. The molecule has 0 saturated heterocycles. The third-order valence-electron chi connectivity index (χ3n) is 3.89. The number of rotatable bonds is 4. The number of nitrogens with zero attached hydrogens (tertiary/aromatic N) is 1. The van der Waals surface area contributed by atoms with Crippen molar-refractivity contribution in [2.24, 2.45) is 5.73 Å². The minimum absolute atomic E-state index is 0.0135. The first-order valence-electron chi connectivity index (χ1n) is 7.70. The van der Waals surface area contributed by atoms with E-state index in [0.717, 1.165) is 18.5 Å². The van der Waals surface area contributed by atoms with Gasteiger partial charge >= 0.3 is 0 Å². The summed E-state index contributed by atoms with van der Waals surface area (Å²) in [5.41, 5.74) is 11.4. The third-order valence-corrected chi connectivity index (χ3v) is 3.89. The molecule has 0 spiro atoms. The Morgan fingerprint density at radius 1 is 1.10 bits per heavy atom. The number of nitrogens with two attached hydrogens (primary N) is 1. The first-order valence-corrected chi connectivity index (χ1v) is 7.70. The third kappa shape index (κ3) is 3.92. The minimum atomic E-state index is -0.0135. The summed E-state index contributed by atoms with van der Waals surface area (Å²) in [7, 11) is 0. The van der Waals surface area contributed by atoms with Crippen LogP contribution >= 0.6 is 0 Å². The number of aromatic nitrogens is 1. The van der Waals surface area contributed by atoms with E-state index >= 15 is 0 Å². The number of aryl methyl sites for hydroxylation is 1. The van der Waals surface area contributed by atoms with Crippen LogP contribution in [-0.2, 0) is 18.3 Å². The predicted molar refractivity (Wildman–Crippen MR) is 89.4 cm³/mol. The van der Waals surface area contributed by atoms with Gasteiger partial charge in [-0.05, 0) is 34.6 Å². The van der Waals surface area contributed by atoms with Gasteiger partial charge in [0.15, 0.2) is 0 Å². The zero-order valence-corrected chi connectivity index (χ0v) is 13.6. The number of hydrogen-bond acceptors (Lipinski definition) is 2. The van der Waals surface area contributed by atoms with Crippen molar-refractivity contribution in [1.29, 1.82) is 0 Å². The average Bonchev–Trinajstić information content (AvgIpc) is 2.47. The van der Waals surface area contributed by atoms with Crippen LogP contribution in [0.25, 0.3) is 0 Å². The molecular formula is C19H26N2. The molecule has 1 atom stereocenters. The maximum absolute atomic E-state index is 6.46. The van der Waals surface area contributed by atoms with Gasteiger partial charge in [0.2, 0.25) is 0 Å². The van der Waals surface area contributed by atoms with Crippen molar-refractivity contribution in [2.45, 2.75) is 52.0 Å². The summed E-state index contributed by atoms with van der Waals surface area (Å²) >= 11 is 0. The highest BCUT2D eigenvalue weighted by atomic mass is 14.7. The maximum Gasteiger partial charge on any atom is 0.0422 e. The lowest BCUT2D eigenvalue weighted by Crippen LogP contribution is -2.21. The molecule has 2 N–H and O–H groups in total. The van der Waals surface area contributed by atoms with Crippen LogP contribution in [0.2, 0.25) is 0 Å². The van der Waals surface area contributed by atoms with E-state index < -0.39 is 0 Å². The van der Waals surface area contributed by atoms with Crippen LogP contribution in [0.15, 0.2) is 42.6 Å². The van der Waals surface area contributed by atoms with E-state index in [1.807, 2.05) is 6.20 Å². The molecule has 0 radical (unpaired) electrons. The van der Waals surface area contributed by atoms with Crippen molar-refractivity contribution in [3.63, 3.8) is 0 Å². The number of pyridine rings is 1. The first-order chi connectivity index (χ1) is 9.91. The van der Waals surface area contributed by atoms with Gasteiger partial charge in [0.05, 0.1) is 0 Å². The molecule has 2 aromatic rings. The fourth-order valence-electron chi connectivity index (χ4n) is 2.62. The van der Waals surface area contributed by atoms with E-state index in [0.29, 0.717) is 0 Å². The molecule has 0 aliphatic carbocycles. The van der Waals surface area contributed by atoms with Crippen molar-refractivity contribution < 1.29 is 0 Å². The molecular weight excluding hydrogens is 256 g/mol. The van der Waals surface area contributed by atoms with Crippen LogP contribution in [0, 0.1) is 0 Å². The highest BCUT2D eigenvalue weighted by Gasteiger charge is 2.20. The van der Waals surface area contributed by atoms with Crippen LogP contribution in [0.1, 0.15) is 56.1 Å². The minimum Gasteiger partial charge on any atom is -0.324 e. The second kappa shape index (κ2) is 6.40. The lowest BCUT2D eigenvalue weighted by molar-refractivity contribution is 0.567. The molecule has 1 heterocycles. The van der Waals surface area contributed by atoms with Crippen molar-refractivity contribution in [2.75, 3.05) is 0 Å². The van der Waals surface area contributed by atoms with E-state index in [-0.39, 0.29) is 11.5 Å². The lowest BCUT2D eigenvalue weighted by Gasteiger charge is -2.25. The molecule has 1 aromatic carbocycles. The summed E-state index contributed by atoms with van der Waals surface area (Å²) in [5, 5.41) is 0. The van der Waals surface area contributed by atoms with E-state index in [9.17, 15) is 0 Å². The molecule has 0 saturated carbocycles. The first kappa shape index (κ1) is 15.7.